The molecule has 4 rings (SSSR count). The minimum Gasteiger partial charge on any atom is -0.484 e. The monoisotopic (exact) mass is 327 g/mol. The number of aryl methyl sites for hydroxylation is 1. The molecule has 2 heterocycles. The van der Waals surface area contributed by atoms with Crippen LogP contribution in [0.4, 0.5) is 0 Å². The van der Waals surface area contributed by atoms with E-state index in [1.807, 2.05) is 36.1 Å². The van der Waals surface area contributed by atoms with E-state index in [1.165, 1.54) is 0 Å². The van der Waals surface area contributed by atoms with Crippen LogP contribution in [-0.2, 0) is 4.79 Å². The molecule has 2 aliphatic rings. The maximum atomic E-state index is 12.6. The van der Waals surface area contributed by atoms with Crippen molar-refractivity contribution in [2.24, 2.45) is 0 Å². The number of likely N-dealkylation sites (tertiary alicyclic amines) is 1. The highest BCUT2D eigenvalue weighted by Gasteiger charge is 2.36. The molecule has 1 saturated carbocycles. The van der Waals surface area contributed by atoms with Crippen LogP contribution < -0.4 is 4.74 Å². The van der Waals surface area contributed by atoms with Gasteiger partial charge in [-0.25, -0.2) is 0 Å². The Kier molecular flexibility index (Phi) is 3.96. The zero-order valence-corrected chi connectivity index (χ0v) is 13.8. The first-order valence-corrected chi connectivity index (χ1v) is 8.54. The summed E-state index contributed by atoms with van der Waals surface area (Å²) in [7, 11) is 0. The van der Waals surface area contributed by atoms with Crippen molar-refractivity contribution < 1.29 is 14.1 Å². The maximum Gasteiger partial charge on any atom is 0.261 e. The summed E-state index contributed by atoms with van der Waals surface area (Å²) in [4.78, 5) is 18.9. The fourth-order valence-corrected chi connectivity index (χ4v) is 3.15. The van der Waals surface area contributed by atoms with Crippen molar-refractivity contribution in [3.8, 4) is 5.75 Å². The van der Waals surface area contributed by atoms with Crippen LogP contribution in [0.25, 0.3) is 0 Å². The summed E-state index contributed by atoms with van der Waals surface area (Å²) in [5.74, 6) is 2.53. The van der Waals surface area contributed by atoms with Gasteiger partial charge in [-0.05, 0) is 44.2 Å². The van der Waals surface area contributed by atoms with Gasteiger partial charge in [0.2, 0.25) is 5.89 Å². The lowest BCUT2D eigenvalue weighted by atomic mass is 10.2. The number of amides is 1. The molecular formula is C18H21N3O3. The van der Waals surface area contributed by atoms with E-state index in [0.29, 0.717) is 18.4 Å². The Morgan fingerprint density at radius 2 is 2.17 bits per heavy atom. The first-order chi connectivity index (χ1) is 11.7. The quantitative estimate of drug-likeness (QED) is 0.844. The largest absolute Gasteiger partial charge is 0.484 e. The van der Waals surface area contributed by atoms with Gasteiger partial charge in [0.1, 0.15) is 11.8 Å². The standard InChI is InChI=1S/C18H21N3O3/c1-12-5-2-3-7-15(12)23-11-16(22)21-10-4-6-14(21)18-19-17(20-24-18)13-8-9-13/h2-3,5,7,13-14H,4,6,8-11H2,1H3. The predicted octanol–water partition coefficient (Wildman–Crippen LogP) is 3.00. The number of ether oxygens (including phenoxy) is 1. The van der Waals surface area contributed by atoms with Crippen LogP contribution in [0.5, 0.6) is 5.75 Å². The highest BCUT2D eigenvalue weighted by Crippen LogP contribution is 2.39. The number of carbonyl (C=O) groups excluding carboxylic acids is 1. The molecule has 6 nitrogen and oxygen atoms in total. The minimum absolute atomic E-state index is 0.0327. The third kappa shape index (κ3) is 3.00. The second kappa shape index (κ2) is 6.26. The lowest BCUT2D eigenvalue weighted by Gasteiger charge is -2.22. The Labute approximate surface area is 140 Å². The molecule has 126 valence electrons. The number of nitrogens with zero attached hydrogens (tertiary/aromatic N) is 3. The zero-order valence-electron chi connectivity index (χ0n) is 13.8. The Hall–Kier alpha value is -2.37. The van der Waals surface area contributed by atoms with E-state index < -0.39 is 0 Å². The highest BCUT2D eigenvalue weighted by molar-refractivity contribution is 5.78. The van der Waals surface area contributed by atoms with Crippen molar-refractivity contribution in [1.29, 1.82) is 0 Å². The van der Waals surface area contributed by atoms with Gasteiger partial charge in [-0.2, -0.15) is 4.98 Å². The van der Waals surface area contributed by atoms with E-state index >= 15 is 0 Å². The number of hydrogen-bond donors (Lipinski definition) is 0. The van der Waals surface area contributed by atoms with Crippen LogP contribution in [0.1, 0.15) is 54.9 Å². The van der Waals surface area contributed by atoms with Crippen LogP contribution in [0.2, 0.25) is 0 Å². The van der Waals surface area contributed by atoms with E-state index in [4.69, 9.17) is 9.26 Å². The molecule has 0 radical (unpaired) electrons. The summed E-state index contributed by atoms with van der Waals surface area (Å²) < 4.78 is 11.1. The van der Waals surface area contributed by atoms with Gasteiger partial charge < -0.3 is 14.2 Å². The number of carbonyl (C=O) groups is 1. The van der Waals surface area contributed by atoms with E-state index in [9.17, 15) is 4.79 Å². The molecule has 1 aliphatic heterocycles. The van der Waals surface area contributed by atoms with Crippen molar-refractivity contribution in [3.05, 3.63) is 41.5 Å². The summed E-state index contributed by atoms with van der Waals surface area (Å²) in [6.07, 6.45) is 4.08. The molecule has 0 bridgehead atoms. The topological polar surface area (TPSA) is 68.5 Å². The fraction of sp³-hybridized carbons (Fsp3) is 0.500. The lowest BCUT2D eigenvalue weighted by molar-refractivity contribution is -0.134. The Balaban J connectivity index is 1.41. The molecule has 24 heavy (non-hydrogen) atoms. The van der Waals surface area contributed by atoms with E-state index in [-0.39, 0.29) is 18.6 Å². The summed E-state index contributed by atoms with van der Waals surface area (Å²) in [5, 5.41) is 4.07. The Bertz CT molecular complexity index is 739. The Morgan fingerprint density at radius 1 is 1.33 bits per heavy atom. The van der Waals surface area contributed by atoms with Crippen LogP contribution in [0.3, 0.4) is 0 Å². The average Bonchev–Trinajstić information content (AvgIpc) is 3.12. The molecule has 1 aliphatic carbocycles. The lowest BCUT2D eigenvalue weighted by Crippen LogP contribution is -2.34. The van der Waals surface area contributed by atoms with Crippen molar-refractivity contribution >= 4 is 5.91 Å². The summed E-state index contributed by atoms with van der Waals surface area (Å²) in [5.41, 5.74) is 1.02. The second-order valence-electron chi connectivity index (χ2n) is 6.56. The molecule has 1 aromatic carbocycles. The number of aromatic nitrogens is 2. The number of rotatable bonds is 5. The van der Waals surface area contributed by atoms with Crippen molar-refractivity contribution in [3.63, 3.8) is 0 Å². The molecule has 1 amide bonds. The van der Waals surface area contributed by atoms with E-state index in [1.54, 1.807) is 0 Å². The van der Waals surface area contributed by atoms with E-state index in [0.717, 1.165) is 42.8 Å². The van der Waals surface area contributed by atoms with Gasteiger partial charge in [-0.3, -0.25) is 4.79 Å². The van der Waals surface area contributed by atoms with Gasteiger partial charge in [0, 0.05) is 12.5 Å². The first kappa shape index (κ1) is 15.2. The van der Waals surface area contributed by atoms with Crippen molar-refractivity contribution in [1.82, 2.24) is 15.0 Å². The third-order valence-electron chi connectivity index (χ3n) is 4.70. The predicted molar refractivity (Wildman–Crippen MR) is 86.6 cm³/mol. The van der Waals surface area contributed by atoms with Crippen LogP contribution in [0, 0.1) is 6.92 Å². The maximum absolute atomic E-state index is 12.6. The molecule has 0 spiro atoms. The molecular weight excluding hydrogens is 306 g/mol. The van der Waals surface area contributed by atoms with Gasteiger partial charge >= 0.3 is 0 Å². The normalized spacial score (nSPS) is 20.4. The number of benzene rings is 1. The summed E-state index contributed by atoms with van der Waals surface area (Å²) in [6.45, 7) is 2.71. The third-order valence-corrected chi connectivity index (χ3v) is 4.70. The molecule has 0 N–H and O–H groups in total. The highest BCUT2D eigenvalue weighted by atomic mass is 16.5. The molecule has 1 aromatic heterocycles. The van der Waals surface area contributed by atoms with Crippen LogP contribution in [0.15, 0.2) is 28.8 Å². The fourth-order valence-electron chi connectivity index (χ4n) is 3.15. The van der Waals surface area contributed by atoms with Gasteiger partial charge in [0.25, 0.3) is 5.91 Å². The number of hydrogen-bond acceptors (Lipinski definition) is 5. The molecule has 2 fully saturated rings. The molecule has 1 atom stereocenters. The smallest absolute Gasteiger partial charge is 0.261 e. The second-order valence-corrected chi connectivity index (χ2v) is 6.56. The molecule has 1 unspecified atom stereocenters. The summed E-state index contributed by atoms with van der Waals surface area (Å²) in [6, 6.07) is 7.59. The van der Waals surface area contributed by atoms with Crippen LogP contribution >= 0.6 is 0 Å². The van der Waals surface area contributed by atoms with Crippen LogP contribution in [-0.4, -0.2) is 34.1 Å². The SMILES string of the molecule is Cc1ccccc1OCC(=O)N1CCCC1c1nc(C2CC2)no1. The molecule has 2 aromatic rings. The van der Waals surface area contributed by atoms with Gasteiger partial charge in [-0.1, -0.05) is 23.4 Å². The molecule has 1 saturated heterocycles. The van der Waals surface area contributed by atoms with E-state index in [2.05, 4.69) is 10.1 Å². The minimum atomic E-state index is -0.113. The van der Waals surface area contributed by atoms with Gasteiger partial charge in [0.15, 0.2) is 12.4 Å². The van der Waals surface area contributed by atoms with Gasteiger partial charge in [-0.15, -0.1) is 0 Å². The zero-order chi connectivity index (χ0) is 16.5. The van der Waals surface area contributed by atoms with Gasteiger partial charge in [0.05, 0.1) is 0 Å². The first-order valence-electron chi connectivity index (χ1n) is 8.54. The Morgan fingerprint density at radius 3 is 2.96 bits per heavy atom. The van der Waals surface area contributed by atoms with Crippen molar-refractivity contribution in [2.45, 2.75) is 44.6 Å². The average molecular weight is 327 g/mol. The van der Waals surface area contributed by atoms with Crippen molar-refractivity contribution in [2.75, 3.05) is 13.2 Å². The number of para-hydroxylation sites is 1. The summed E-state index contributed by atoms with van der Waals surface area (Å²) >= 11 is 0. The molecule has 6 heteroatoms.